The van der Waals surface area contributed by atoms with Crippen molar-refractivity contribution in [2.75, 3.05) is 0 Å². The monoisotopic (exact) mass is 232 g/mol. The van der Waals surface area contributed by atoms with Crippen LogP contribution in [0.4, 0.5) is 0 Å². The number of rotatable bonds is 1. The van der Waals surface area contributed by atoms with Gasteiger partial charge in [-0.3, -0.25) is 0 Å². The first-order valence-corrected chi connectivity index (χ1v) is 6.67. The summed E-state index contributed by atoms with van der Waals surface area (Å²) in [6.45, 7) is 8.78. The standard InChI is InChI=1S/C16H24O/c1-12-7-8-13(15(2,3)4)11-14(12)16(17)9-5-6-10-16/h7-8,11,17H,5-6,9-10H2,1-4H3. The lowest BCUT2D eigenvalue weighted by atomic mass is 9.81. The smallest absolute Gasteiger partial charge is 0.0899 e. The summed E-state index contributed by atoms with van der Waals surface area (Å²) < 4.78 is 0. The fourth-order valence-electron chi connectivity index (χ4n) is 2.82. The summed E-state index contributed by atoms with van der Waals surface area (Å²) in [5, 5.41) is 10.7. The fraction of sp³-hybridized carbons (Fsp3) is 0.625. The molecule has 0 heterocycles. The lowest BCUT2D eigenvalue weighted by Crippen LogP contribution is -2.23. The highest BCUT2D eigenvalue weighted by Gasteiger charge is 2.34. The van der Waals surface area contributed by atoms with E-state index >= 15 is 0 Å². The van der Waals surface area contributed by atoms with Crippen LogP contribution in [0.15, 0.2) is 18.2 Å². The molecule has 1 aliphatic rings. The molecule has 0 aromatic heterocycles. The lowest BCUT2D eigenvalue weighted by Gasteiger charge is -2.28. The van der Waals surface area contributed by atoms with Gasteiger partial charge in [0.1, 0.15) is 0 Å². The largest absolute Gasteiger partial charge is 0.385 e. The van der Waals surface area contributed by atoms with E-state index in [1.54, 1.807) is 0 Å². The molecule has 1 aromatic rings. The zero-order chi connectivity index (χ0) is 12.7. The molecule has 1 fully saturated rings. The predicted molar refractivity (Wildman–Crippen MR) is 72.2 cm³/mol. The SMILES string of the molecule is Cc1ccc(C(C)(C)C)cc1C1(O)CCCC1. The molecule has 1 heteroatoms. The maximum atomic E-state index is 10.7. The molecule has 0 saturated heterocycles. The van der Waals surface area contributed by atoms with Crippen LogP contribution >= 0.6 is 0 Å². The Morgan fingerprint density at radius 3 is 2.24 bits per heavy atom. The van der Waals surface area contributed by atoms with Gasteiger partial charge in [0.2, 0.25) is 0 Å². The first kappa shape index (κ1) is 12.6. The van der Waals surface area contributed by atoms with Crippen molar-refractivity contribution in [1.82, 2.24) is 0 Å². The number of benzene rings is 1. The highest BCUT2D eigenvalue weighted by atomic mass is 16.3. The van der Waals surface area contributed by atoms with E-state index in [2.05, 4.69) is 45.9 Å². The second-order valence-electron chi connectivity index (χ2n) is 6.52. The minimum atomic E-state index is -0.564. The predicted octanol–water partition coefficient (Wildman–Crippen LogP) is 4.05. The van der Waals surface area contributed by atoms with E-state index in [-0.39, 0.29) is 5.41 Å². The van der Waals surface area contributed by atoms with E-state index in [1.807, 2.05) is 0 Å². The molecule has 17 heavy (non-hydrogen) atoms. The van der Waals surface area contributed by atoms with E-state index in [0.29, 0.717) is 0 Å². The van der Waals surface area contributed by atoms with Gasteiger partial charge in [-0.2, -0.15) is 0 Å². The molecule has 0 atom stereocenters. The topological polar surface area (TPSA) is 20.2 Å². The number of aliphatic hydroxyl groups is 1. The summed E-state index contributed by atoms with van der Waals surface area (Å²) >= 11 is 0. The Labute approximate surface area is 105 Å². The third-order valence-corrected chi connectivity index (χ3v) is 4.04. The van der Waals surface area contributed by atoms with Gasteiger partial charge in [-0.25, -0.2) is 0 Å². The van der Waals surface area contributed by atoms with E-state index < -0.39 is 5.60 Å². The molecule has 1 nitrogen and oxygen atoms in total. The molecule has 1 aromatic carbocycles. The van der Waals surface area contributed by atoms with Crippen LogP contribution < -0.4 is 0 Å². The Morgan fingerprint density at radius 1 is 1.12 bits per heavy atom. The van der Waals surface area contributed by atoms with Crippen LogP contribution in [0.25, 0.3) is 0 Å². The first-order chi connectivity index (χ1) is 7.83. The van der Waals surface area contributed by atoms with Gasteiger partial charge in [0.25, 0.3) is 0 Å². The molecule has 1 saturated carbocycles. The summed E-state index contributed by atoms with van der Waals surface area (Å²) in [5.41, 5.74) is 3.28. The molecule has 0 radical (unpaired) electrons. The molecule has 0 bridgehead atoms. The second-order valence-corrected chi connectivity index (χ2v) is 6.52. The molecular formula is C16H24O. The summed E-state index contributed by atoms with van der Waals surface area (Å²) in [6, 6.07) is 6.57. The molecule has 1 aliphatic carbocycles. The second kappa shape index (κ2) is 4.13. The molecule has 1 N–H and O–H groups in total. The Balaban J connectivity index is 2.46. The van der Waals surface area contributed by atoms with E-state index in [0.717, 1.165) is 31.2 Å². The van der Waals surface area contributed by atoms with E-state index in [4.69, 9.17) is 0 Å². The highest BCUT2D eigenvalue weighted by molar-refractivity contribution is 5.38. The Kier molecular flexibility index (Phi) is 3.07. The van der Waals surface area contributed by atoms with Gasteiger partial charge >= 0.3 is 0 Å². The maximum absolute atomic E-state index is 10.7. The van der Waals surface area contributed by atoms with Crippen LogP contribution in [-0.2, 0) is 11.0 Å². The third kappa shape index (κ3) is 2.40. The zero-order valence-electron chi connectivity index (χ0n) is 11.5. The van der Waals surface area contributed by atoms with Crippen LogP contribution in [0.3, 0.4) is 0 Å². The molecule has 0 unspecified atom stereocenters. The number of hydrogen-bond acceptors (Lipinski definition) is 1. The first-order valence-electron chi connectivity index (χ1n) is 6.67. The Morgan fingerprint density at radius 2 is 1.71 bits per heavy atom. The van der Waals surface area contributed by atoms with Gasteiger partial charge in [-0.1, -0.05) is 51.8 Å². The van der Waals surface area contributed by atoms with E-state index in [1.165, 1.54) is 11.1 Å². The van der Waals surface area contributed by atoms with Crippen molar-refractivity contribution in [1.29, 1.82) is 0 Å². The van der Waals surface area contributed by atoms with Crippen LogP contribution in [0.2, 0.25) is 0 Å². The molecule has 0 spiro atoms. The third-order valence-electron chi connectivity index (χ3n) is 4.04. The molecular weight excluding hydrogens is 208 g/mol. The van der Waals surface area contributed by atoms with Crippen molar-refractivity contribution in [3.8, 4) is 0 Å². The quantitative estimate of drug-likeness (QED) is 0.774. The van der Waals surface area contributed by atoms with Crippen LogP contribution in [0, 0.1) is 6.92 Å². The van der Waals surface area contributed by atoms with Crippen molar-refractivity contribution >= 4 is 0 Å². The Hall–Kier alpha value is -0.820. The molecule has 94 valence electrons. The zero-order valence-corrected chi connectivity index (χ0v) is 11.5. The molecule has 2 rings (SSSR count). The Bertz CT molecular complexity index is 406. The van der Waals surface area contributed by atoms with Gasteiger partial charge < -0.3 is 5.11 Å². The summed E-state index contributed by atoms with van der Waals surface area (Å²) in [4.78, 5) is 0. The highest BCUT2D eigenvalue weighted by Crippen LogP contribution is 2.41. The fourth-order valence-corrected chi connectivity index (χ4v) is 2.82. The van der Waals surface area contributed by atoms with Crippen molar-refractivity contribution in [3.05, 3.63) is 34.9 Å². The normalized spacial score (nSPS) is 19.6. The molecule has 0 amide bonds. The molecule has 0 aliphatic heterocycles. The lowest BCUT2D eigenvalue weighted by molar-refractivity contribution is 0.0437. The van der Waals surface area contributed by atoms with Crippen LogP contribution in [0.1, 0.15) is 63.1 Å². The minimum absolute atomic E-state index is 0.150. The van der Waals surface area contributed by atoms with Crippen molar-refractivity contribution in [2.45, 2.75) is 64.4 Å². The minimum Gasteiger partial charge on any atom is -0.385 e. The van der Waals surface area contributed by atoms with Crippen molar-refractivity contribution < 1.29 is 5.11 Å². The van der Waals surface area contributed by atoms with Gasteiger partial charge in [0, 0.05) is 0 Å². The van der Waals surface area contributed by atoms with Crippen molar-refractivity contribution in [2.24, 2.45) is 0 Å². The average Bonchev–Trinajstić information content (AvgIpc) is 2.65. The van der Waals surface area contributed by atoms with Crippen LogP contribution in [-0.4, -0.2) is 5.11 Å². The summed E-state index contributed by atoms with van der Waals surface area (Å²) in [5.74, 6) is 0. The van der Waals surface area contributed by atoms with Crippen LogP contribution in [0.5, 0.6) is 0 Å². The number of aryl methyl sites for hydroxylation is 1. The van der Waals surface area contributed by atoms with Gasteiger partial charge in [0.15, 0.2) is 0 Å². The van der Waals surface area contributed by atoms with Gasteiger partial charge in [0.05, 0.1) is 5.60 Å². The van der Waals surface area contributed by atoms with Gasteiger partial charge in [-0.15, -0.1) is 0 Å². The summed E-state index contributed by atoms with van der Waals surface area (Å²) in [7, 11) is 0. The summed E-state index contributed by atoms with van der Waals surface area (Å²) in [6.07, 6.45) is 4.13. The maximum Gasteiger partial charge on any atom is 0.0899 e. The number of hydrogen-bond donors (Lipinski definition) is 1. The average molecular weight is 232 g/mol. The van der Waals surface area contributed by atoms with Gasteiger partial charge in [-0.05, 0) is 41.9 Å². The van der Waals surface area contributed by atoms with E-state index in [9.17, 15) is 5.11 Å². The van der Waals surface area contributed by atoms with Crippen molar-refractivity contribution in [3.63, 3.8) is 0 Å².